The van der Waals surface area contributed by atoms with Gasteiger partial charge in [0, 0.05) is 27.2 Å². The molecule has 2 heterocycles. The summed E-state index contributed by atoms with van der Waals surface area (Å²) in [6.45, 7) is 0.303. The van der Waals surface area contributed by atoms with Crippen molar-refractivity contribution in [3.05, 3.63) is 92.8 Å². The Morgan fingerprint density at radius 2 is 1.76 bits per heavy atom. The topological polar surface area (TPSA) is 111 Å². The fourth-order valence-corrected chi connectivity index (χ4v) is 4.33. The molecule has 0 fully saturated rings. The second kappa shape index (κ2) is 8.42. The highest BCUT2D eigenvalue weighted by Crippen LogP contribution is 2.49. The second-order valence-corrected chi connectivity index (χ2v) is 8.32. The number of halogens is 1. The van der Waals surface area contributed by atoms with Crippen molar-refractivity contribution in [2.24, 2.45) is 5.73 Å². The van der Waals surface area contributed by atoms with Gasteiger partial charge in [0.2, 0.25) is 12.7 Å². The molecule has 1 atom stereocenters. The van der Waals surface area contributed by atoms with Gasteiger partial charge in [0.05, 0.1) is 17.6 Å². The van der Waals surface area contributed by atoms with E-state index in [9.17, 15) is 10.5 Å². The van der Waals surface area contributed by atoms with Crippen molar-refractivity contribution in [2.75, 3.05) is 6.79 Å². The largest absolute Gasteiger partial charge is 0.489 e. The lowest BCUT2D eigenvalue weighted by Gasteiger charge is -2.28. The van der Waals surface area contributed by atoms with Crippen LogP contribution in [0.1, 0.15) is 28.2 Å². The number of nitrogens with zero attached hydrogens (tertiary/aromatic N) is 2. The summed E-state index contributed by atoms with van der Waals surface area (Å²) in [6, 6.07) is 20.7. The van der Waals surface area contributed by atoms with Gasteiger partial charge in [-0.3, -0.25) is 0 Å². The maximum absolute atomic E-state index is 9.94. The average Bonchev–Trinajstić information content (AvgIpc) is 3.28. The summed E-state index contributed by atoms with van der Waals surface area (Å²) in [5, 5.41) is 19.3. The first kappa shape index (κ1) is 20.7. The van der Waals surface area contributed by atoms with Crippen molar-refractivity contribution in [1.29, 1.82) is 10.5 Å². The highest BCUT2D eigenvalue weighted by atomic mass is 79.9. The molecule has 0 unspecified atom stereocenters. The summed E-state index contributed by atoms with van der Waals surface area (Å²) in [7, 11) is 0. The van der Waals surface area contributed by atoms with Crippen molar-refractivity contribution in [1.82, 2.24) is 0 Å². The first-order valence-corrected chi connectivity index (χ1v) is 10.8. The fraction of sp³-hybridized carbons (Fsp3) is 0.120. The van der Waals surface area contributed by atoms with Gasteiger partial charge in [0.15, 0.2) is 11.5 Å². The molecule has 2 aliphatic heterocycles. The van der Waals surface area contributed by atoms with Crippen molar-refractivity contribution in [3.63, 3.8) is 0 Å². The monoisotopic (exact) mass is 501 g/mol. The van der Waals surface area contributed by atoms with Crippen LogP contribution in [-0.4, -0.2) is 6.79 Å². The highest BCUT2D eigenvalue weighted by molar-refractivity contribution is 9.10. The van der Waals surface area contributed by atoms with E-state index in [1.54, 1.807) is 12.1 Å². The smallest absolute Gasteiger partial charge is 0.231 e. The molecule has 162 valence electrons. The van der Waals surface area contributed by atoms with E-state index in [4.69, 9.17) is 24.7 Å². The van der Waals surface area contributed by atoms with Crippen molar-refractivity contribution in [3.8, 4) is 35.1 Å². The number of allylic oxidation sites excluding steroid dienone is 1. The lowest BCUT2D eigenvalue weighted by Crippen LogP contribution is -2.21. The van der Waals surface area contributed by atoms with Crippen LogP contribution in [0, 0.1) is 22.7 Å². The fourth-order valence-electron chi connectivity index (χ4n) is 3.95. The minimum absolute atomic E-state index is 0.0228. The molecule has 5 rings (SSSR count). The van der Waals surface area contributed by atoms with Crippen LogP contribution in [0.5, 0.6) is 23.0 Å². The molecule has 0 spiro atoms. The number of rotatable bonds is 4. The number of benzene rings is 3. The number of nitrogens with two attached hydrogens (primary N) is 1. The van der Waals surface area contributed by atoms with Crippen LogP contribution in [0.4, 0.5) is 0 Å². The van der Waals surface area contributed by atoms with E-state index in [2.05, 4.69) is 28.1 Å². The molecular weight excluding hydrogens is 486 g/mol. The molecule has 0 saturated carbocycles. The van der Waals surface area contributed by atoms with Crippen LogP contribution in [0.15, 0.2) is 70.5 Å². The van der Waals surface area contributed by atoms with Gasteiger partial charge >= 0.3 is 0 Å². The zero-order chi connectivity index (χ0) is 22.9. The van der Waals surface area contributed by atoms with Gasteiger partial charge in [-0.1, -0.05) is 34.1 Å². The molecule has 0 amide bonds. The van der Waals surface area contributed by atoms with Crippen LogP contribution < -0.4 is 24.7 Å². The third kappa shape index (κ3) is 3.71. The molecule has 3 aromatic carbocycles. The molecule has 0 aromatic heterocycles. The van der Waals surface area contributed by atoms with Crippen molar-refractivity contribution < 1.29 is 18.9 Å². The Bertz CT molecular complexity index is 1390. The molecule has 0 radical (unpaired) electrons. The van der Waals surface area contributed by atoms with Gasteiger partial charge in [0.1, 0.15) is 29.7 Å². The zero-order valence-electron chi connectivity index (χ0n) is 17.2. The highest BCUT2D eigenvalue weighted by Gasteiger charge is 2.35. The number of hydrogen-bond donors (Lipinski definition) is 1. The predicted molar refractivity (Wildman–Crippen MR) is 121 cm³/mol. The number of nitriles is 2. The molecule has 0 bridgehead atoms. The van der Waals surface area contributed by atoms with E-state index >= 15 is 0 Å². The molecular formula is C25H16BrN3O4. The van der Waals surface area contributed by atoms with E-state index in [-0.39, 0.29) is 24.9 Å². The molecule has 3 aromatic rings. The van der Waals surface area contributed by atoms with Crippen molar-refractivity contribution in [2.45, 2.75) is 12.5 Å². The van der Waals surface area contributed by atoms with E-state index in [1.807, 2.05) is 42.5 Å². The van der Waals surface area contributed by atoms with Crippen molar-refractivity contribution >= 4 is 15.9 Å². The van der Waals surface area contributed by atoms with Crippen LogP contribution in [0.2, 0.25) is 0 Å². The maximum Gasteiger partial charge on any atom is 0.231 e. The van der Waals surface area contributed by atoms with Crippen LogP contribution >= 0.6 is 15.9 Å². The van der Waals surface area contributed by atoms with E-state index in [0.717, 1.165) is 15.6 Å². The zero-order valence-corrected chi connectivity index (χ0v) is 18.8. The Labute approximate surface area is 198 Å². The van der Waals surface area contributed by atoms with Gasteiger partial charge in [-0.15, -0.1) is 0 Å². The number of ether oxygens (including phenoxy) is 4. The minimum atomic E-state index is -0.549. The SMILES string of the molecule is N#CC1=C(N)Oc2cc3c(cc2[C@H]1c1cc(Br)ccc1OCc1ccccc1C#N)OCO3. The van der Waals surface area contributed by atoms with Gasteiger partial charge < -0.3 is 24.7 Å². The normalized spacial score (nSPS) is 15.8. The molecule has 2 N–H and O–H groups in total. The summed E-state index contributed by atoms with van der Waals surface area (Å²) in [6.07, 6.45) is 0. The summed E-state index contributed by atoms with van der Waals surface area (Å²) in [5.74, 6) is 1.64. The molecule has 0 aliphatic carbocycles. The van der Waals surface area contributed by atoms with Gasteiger partial charge in [-0.05, 0) is 30.3 Å². The minimum Gasteiger partial charge on any atom is -0.489 e. The summed E-state index contributed by atoms with van der Waals surface area (Å²) >= 11 is 3.52. The first-order valence-electron chi connectivity index (χ1n) is 10.0. The Balaban J connectivity index is 1.61. The summed E-state index contributed by atoms with van der Waals surface area (Å²) in [5.41, 5.74) is 9.15. The maximum atomic E-state index is 9.94. The van der Waals surface area contributed by atoms with Crippen LogP contribution in [0.3, 0.4) is 0 Å². The average molecular weight is 502 g/mol. The van der Waals surface area contributed by atoms with Gasteiger partial charge in [-0.25, -0.2) is 0 Å². The second-order valence-electron chi connectivity index (χ2n) is 7.41. The first-order chi connectivity index (χ1) is 16.1. The number of fused-ring (bicyclic) bond motifs is 2. The Morgan fingerprint density at radius 3 is 2.55 bits per heavy atom. The molecule has 0 saturated heterocycles. The Kier molecular flexibility index (Phi) is 5.29. The summed E-state index contributed by atoms with van der Waals surface area (Å²) in [4.78, 5) is 0. The third-order valence-electron chi connectivity index (χ3n) is 5.51. The van der Waals surface area contributed by atoms with E-state index < -0.39 is 5.92 Å². The van der Waals surface area contributed by atoms with Gasteiger partial charge in [0.25, 0.3) is 0 Å². The van der Waals surface area contributed by atoms with Crippen LogP contribution in [-0.2, 0) is 6.61 Å². The van der Waals surface area contributed by atoms with Gasteiger partial charge in [-0.2, -0.15) is 10.5 Å². The standard InChI is InChI=1S/C25H16BrN3O4/c26-16-5-6-20(30-12-15-4-2-1-3-14(15)10-27)17(7-16)24-18-8-22-23(32-13-31-22)9-21(18)33-25(29)19(24)11-28/h1-9,24H,12-13,29H2/t24-/m1/s1. The van der Waals surface area contributed by atoms with E-state index in [0.29, 0.717) is 34.1 Å². The summed E-state index contributed by atoms with van der Waals surface area (Å²) < 4.78 is 23.7. The van der Waals surface area contributed by atoms with Crippen LogP contribution in [0.25, 0.3) is 0 Å². The lowest BCUT2D eigenvalue weighted by atomic mass is 9.83. The quantitative estimate of drug-likeness (QED) is 0.543. The Hall–Kier alpha value is -4.14. The molecule has 33 heavy (non-hydrogen) atoms. The number of hydrogen-bond acceptors (Lipinski definition) is 7. The predicted octanol–water partition coefficient (Wildman–Crippen LogP) is 4.85. The molecule has 7 nitrogen and oxygen atoms in total. The lowest BCUT2D eigenvalue weighted by molar-refractivity contribution is 0.174. The third-order valence-corrected chi connectivity index (χ3v) is 6.01. The van der Waals surface area contributed by atoms with E-state index in [1.165, 1.54) is 0 Å². The Morgan fingerprint density at radius 1 is 0.970 bits per heavy atom. The molecule has 2 aliphatic rings. The molecule has 8 heteroatoms.